The van der Waals surface area contributed by atoms with Crippen LogP contribution in [0.4, 0.5) is 10.5 Å². The maximum absolute atomic E-state index is 12.7. The van der Waals surface area contributed by atoms with Crippen LogP contribution < -0.4 is 5.32 Å². The molecule has 1 aliphatic heterocycles. The van der Waals surface area contributed by atoms with Gasteiger partial charge in [-0.15, -0.1) is 13.2 Å². The molecule has 1 saturated heterocycles. The summed E-state index contributed by atoms with van der Waals surface area (Å²) >= 11 is 0. The van der Waals surface area contributed by atoms with Gasteiger partial charge in [0.25, 0.3) is 0 Å². The monoisotopic (exact) mass is 502 g/mol. The third-order valence-electron chi connectivity index (χ3n) is 5.15. The minimum absolute atomic E-state index is 0.00168. The number of aliphatic hydroxyl groups excluding tert-OH is 1. The highest BCUT2D eigenvalue weighted by Crippen LogP contribution is 2.30. The van der Waals surface area contributed by atoms with Crippen molar-refractivity contribution in [2.45, 2.75) is 56.4 Å². The highest BCUT2D eigenvalue weighted by atomic mass is 16.7. The molecule has 1 aromatic carbocycles. The number of nitriles is 1. The Balaban J connectivity index is 2.30. The molecule has 0 aliphatic carbocycles. The van der Waals surface area contributed by atoms with E-state index in [-0.39, 0.29) is 12.8 Å². The molecule has 1 amide bonds. The molecule has 2 N–H and O–H groups in total. The molecular weight excluding hydrogens is 472 g/mol. The SMILES string of the molecule is C=CCCC(=O)O[C@H]1[C@@H](OC(=O)Nc2ccc(C#N)cc2)[C@@H](CO)O[C@H](OC)[C@@H]1OC(=O)CCC=C. The lowest BCUT2D eigenvalue weighted by Crippen LogP contribution is -2.62. The fourth-order valence-corrected chi connectivity index (χ4v) is 3.38. The van der Waals surface area contributed by atoms with Crippen molar-refractivity contribution in [1.29, 1.82) is 5.26 Å². The number of rotatable bonds is 12. The molecule has 11 nitrogen and oxygen atoms in total. The number of esters is 2. The van der Waals surface area contributed by atoms with Gasteiger partial charge in [-0.1, -0.05) is 12.2 Å². The number of ether oxygens (including phenoxy) is 5. The Kier molecular flexibility index (Phi) is 11.6. The lowest BCUT2D eigenvalue weighted by Gasteiger charge is -2.43. The Morgan fingerprint density at radius 1 is 1.03 bits per heavy atom. The Labute approximate surface area is 209 Å². The van der Waals surface area contributed by atoms with Gasteiger partial charge in [-0.3, -0.25) is 14.9 Å². The molecule has 0 aromatic heterocycles. The predicted molar refractivity (Wildman–Crippen MR) is 126 cm³/mol. The van der Waals surface area contributed by atoms with Crippen molar-refractivity contribution in [2.24, 2.45) is 0 Å². The van der Waals surface area contributed by atoms with Crippen LogP contribution in [-0.4, -0.2) is 67.6 Å². The summed E-state index contributed by atoms with van der Waals surface area (Å²) in [4.78, 5) is 37.6. The zero-order valence-electron chi connectivity index (χ0n) is 20.0. The first-order valence-corrected chi connectivity index (χ1v) is 11.2. The molecule has 194 valence electrons. The summed E-state index contributed by atoms with van der Waals surface area (Å²) in [6, 6.07) is 7.97. The second-order valence-corrected chi connectivity index (χ2v) is 7.71. The molecule has 2 rings (SSSR count). The van der Waals surface area contributed by atoms with Crippen LogP contribution >= 0.6 is 0 Å². The molecule has 0 saturated carbocycles. The number of nitrogens with one attached hydrogen (secondary N) is 1. The lowest BCUT2D eigenvalue weighted by atomic mass is 9.98. The molecule has 11 heteroatoms. The average molecular weight is 503 g/mol. The summed E-state index contributed by atoms with van der Waals surface area (Å²) in [7, 11) is 1.29. The molecule has 1 heterocycles. The number of aliphatic hydroxyl groups is 1. The van der Waals surface area contributed by atoms with Gasteiger partial charge in [0.1, 0.15) is 6.10 Å². The van der Waals surface area contributed by atoms with Gasteiger partial charge in [-0.05, 0) is 37.1 Å². The summed E-state index contributed by atoms with van der Waals surface area (Å²) in [5.41, 5.74) is 0.728. The van der Waals surface area contributed by atoms with Gasteiger partial charge < -0.3 is 28.8 Å². The van der Waals surface area contributed by atoms with E-state index in [1.165, 1.54) is 37.5 Å². The van der Waals surface area contributed by atoms with Crippen molar-refractivity contribution in [3.05, 3.63) is 55.1 Å². The molecule has 0 spiro atoms. The number of anilines is 1. The fraction of sp³-hybridized carbons (Fsp3) is 0.440. The van der Waals surface area contributed by atoms with E-state index in [0.717, 1.165) is 0 Å². The standard InChI is InChI=1S/C25H30N2O9/c1-4-6-8-19(29)34-22-21(36-25(31)27-17-12-10-16(14-26)11-13-17)18(15-28)33-24(32-3)23(22)35-20(30)9-7-5-2/h4-5,10-13,18,21-24,28H,1-2,6-9,15H2,3H3,(H,27,31)/t18-,21+,22+,23-,24+/m1/s1. The van der Waals surface area contributed by atoms with Crippen LogP contribution in [0.3, 0.4) is 0 Å². The average Bonchev–Trinajstić information content (AvgIpc) is 2.88. The maximum Gasteiger partial charge on any atom is 0.412 e. The predicted octanol–water partition coefficient (Wildman–Crippen LogP) is 2.59. The fourth-order valence-electron chi connectivity index (χ4n) is 3.38. The van der Waals surface area contributed by atoms with Crippen molar-refractivity contribution < 1.29 is 43.2 Å². The van der Waals surface area contributed by atoms with Gasteiger partial charge in [0.2, 0.25) is 0 Å². The number of benzene rings is 1. The van der Waals surface area contributed by atoms with Crippen LogP contribution in [0, 0.1) is 11.3 Å². The zero-order chi connectivity index (χ0) is 26.5. The first-order chi connectivity index (χ1) is 17.4. The topological polar surface area (TPSA) is 153 Å². The zero-order valence-corrected chi connectivity index (χ0v) is 20.0. The first-order valence-electron chi connectivity index (χ1n) is 11.2. The Morgan fingerprint density at radius 3 is 2.11 bits per heavy atom. The summed E-state index contributed by atoms with van der Waals surface area (Å²) in [6.45, 7) is 6.51. The van der Waals surface area contributed by atoms with Crippen LogP contribution in [0.5, 0.6) is 0 Å². The number of carbonyl (C=O) groups is 3. The van der Waals surface area contributed by atoms with Crippen LogP contribution in [-0.2, 0) is 33.3 Å². The van der Waals surface area contributed by atoms with Crippen LogP contribution in [0.2, 0.25) is 0 Å². The van der Waals surface area contributed by atoms with Crippen LogP contribution in [0.25, 0.3) is 0 Å². The van der Waals surface area contributed by atoms with Gasteiger partial charge in [0, 0.05) is 25.6 Å². The van der Waals surface area contributed by atoms with Crippen molar-refractivity contribution in [3.8, 4) is 6.07 Å². The summed E-state index contributed by atoms with van der Waals surface area (Å²) in [6.07, 6.45) is -3.61. The first kappa shape index (κ1) is 28.5. The summed E-state index contributed by atoms with van der Waals surface area (Å²) in [5.74, 6) is -1.30. The molecule has 36 heavy (non-hydrogen) atoms. The van der Waals surface area contributed by atoms with E-state index in [2.05, 4.69) is 18.5 Å². The van der Waals surface area contributed by atoms with Gasteiger partial charge in [0.05, 0.1) is 18.2 Å². The van der Waals surface area contributed by atoms with Crippen LogP contribution in [0.1, 0.15) is 31.2 Å². The molecule has 1 aromatic rings. The summed E-state index contributed by atoms with van der Waals surface area (Å²) < 4.78 is 27.5. The number of amides is 1. The second-order valence-electron chi connectivity index (χ2n) is 7.71. The molecule has 1 aliphatic rings. The van der Waals surface area contributed by atoms with Gasteiger partial charge in [0.15, 0.2) is 24.6 Å². The van der Waals surface area contributed by atoms with E-state index in [9.17, 15) is 19.5 Å². The number of hydrogen-bond acceptors (Lipinski definition) is 10. The minimum atomic E-state index is -1.36. The number of nitrogens with zero attached hydrogens (tertiary/aromatic N) is 1. The highest BCUT2D eigenvalue weighted by Gasteiger charge is 2.52. The minimum Gasteiger partial charge on any atom is -0.454 e. The number of allylic oxidation sites excluding steroid dienone is 2. The van der Waals surface area contributed by atoms with E-state index >= 15 is 0 Å². The third kappa shape index (κ3) is 8.20. The second kappa shape index (κ2) is 14.6. The molecule has 0 unspecified atom stereocenters. The van der Waals surface area contributed by atoms with Gasteiger partial charge in [-0.25, -0.2) is 4.79 Å². The van der Waals surface area contributed by atoms with Crippen molar-refractivity contribution in [1.82, 2.24) is 0 Å². The number of carbonyl (C=O) groups excluding carboxylic acids is 3. The van der Waals surface area contributed by atoms with E-state index < -0.39 is 55.3 Å². The lowest BCUT2D eigenvalue weighted by molar-refractivity contribution is -0.299. The Morgan fingerprint density at radius 2 is 1.61 bits per heavy atom. The summed E-state index contributed by atoms with van der Waals surface area (Å²) in [5, 5.41) is 21.3. The number of methoxy groups -OCH3 is 1. The largest absolute Gasteiger partial charge is 0.454 e. The van der Waals surface area contributed by atoms with Crippen molar-refractivity contribution in [3.63, 3.8) is 0 Å². The van der Waals surface area contributed by atoms with Crippen LogP contribution in [0.15, 0.2) is 49.6 Å². The molecule has 5 atom stereocenters. The van der Waals surface area contributed by atoms with E-state index in [1.807, 2.05) is 6.07 Å². The molecule has 0 radical (unpaired) electrons. The van der Waals surface area contributed by atoms with Crippen molar-refractivity contribution in [2.75, 3.05) is 19.0 Å². The molecule has 0 bridgehead atoms. The van der Waals surface area contributed by atoms with E-state index in [1.54, 1.807) is 6.08 Å². The van der Waals surface area contributed by atoms with Gasteiger partial charge in [-0.2, -0.15) is 5.26 Å². The number of hydrogen-bond donors (Lipinski definition) is 2. The Hall–Kier alpha value is -3.72. The Bertz CT molecular complexity index is 957. The quantitative estimate of drug-likeness (QED) is 0.248. The molecule has 1 fully saturated rings. The third-order valence-corrected chi connectivity index (χ3v) is 5.15. The smallest absolute Gasteiger partial charge is 0.412 e. The maximum atomic E-state index is 12.7. The normalized spacial score (nSPS) is 23.0. The van der Waals surface area contributed by atoms with E-state index in [4.69, 9.17) is 28.9 Å². The van der Waals surface area contributed by atoms with Crippen molar-refractivity contribution >= 4 is 23.7 Å². The highest BCUT2D eigenvalue weighted by molar-refractivity contribution is 5.84. The molecular formula is C25H30N2O9. The van der Waals surface area contributed by atoms with Gasteiger partial charge >= 0.3 is 18.0 Å². The van der Waals surface area contributed by atoms with E-state index in [0.29, 0.717) is 24.1 Å².